The van der Waals surface area contributed by atoms with Crippen molar-refractivity contribution in [3.8, 4) is 0 Å². The molecule has 1 fully saturated rings. The van der Waals surface area contributed by atoms with E-state index in [1.807, 2.05) is 6.07 Å². The van der Waals surface area contributed by atoms with E-state index in [0.29, 0.717) is 6.04 Å². The minimum absolute atomic E-state index is 0.128. The van der Waals surface area contributed by atoms with E-state index in [1.165, 1.54) is 12.5 Å². The third-order valence-corrected chi connectivity index (χ3v) is 3.50. The molecule has 3 unspecified atom stereocenters. The van der Waals surface area contributed by atoms with E-state index in [1.54, 1.807) is 12.1 Å². The van der Waals surface area contributed by atoms with Crippen molar-refractivity contribution in [2.45, 2.75) is 32.7 Å². The molecule has 0 aliphatic heterocycles. The summed E-state index contributed by atoms with van der Waals surface area (Å²) in [5.74, 6) is 1.48. The lowest BCUT2D eigenvalue weighted by Crippen LogP contribution is -2.33. The van der Waals surface area contributed by atoms with Crippen LogP contribution in [0.4, 0.5) is 4.39 Å². The van der Waals surface area contributed by atoms with Crippen molar-refractivity contribution >= 4 is 0 Å². The lowest BCUT2D eigenvalue weighted by molar-refractivity contribution is 0.453. The molecule has 1 saturated carbocycles. The number of halogens is 1. The zero-order valence-electron chi connectivity index (χ0n) is 10.0. The molecule has 1 aliphatic rings. The topological polar surface area (TPSA) is 12.0 Å². The summed E-state index contributed by atoms with van der Waals surface area (Å²) in [5, 5.41) is 3.52. The van der Waals surface area contributed by atoms with E-state index in [-0.39, 0.29) is 5.82 Å². The molecule has 88 valence electrons. The molecule has 0 bridgehead atoms. The Hall–Kier alpha value is -0.890. The van der Waals surface area contributed by atoms with Crippen molar-refractivity contribution in [2.75, 3.05) is 6.54 Å². The summed E-state index contributed by atoms with van der Waals surface area (Å²) in [6.07, 6.45) is 2.26. The van der Waals surface area contributed by atoms with Crippen LogP contribution in [0.25, 0.3) is 0 Å². The van der Waals surface area contributed by atoms with Gasteiger partial charge in [-0.15, -0.1) is 0 Å². The number of hydrogen-bond donors (Lipinski definition) is 1. The van der Waals surface area contributed by atoms with Crippen molar-refractivity contribution in [1.29, 1.82) is 0 Å². The van der Waals surface area contributed by atoms with Crippen molar-refractivity contribution in [3.63, 3.8) is 0 Å². The minimum atomic E-state index is -0.128. The van der Waals surface area contributed by atoms with E-state index in [0.717, 1.165) is 30.4 Å². The molecule has 1 N–H and O–H groups in total. The van der Waals surface area contributed by atoms with Gasteiger partial charge in [0.25, 0.3) is 0 Å². The van der Waals surface area contributed by atoms with E-state index in [4.69, 9.17) is 0 Å². The second kappa shape index (κ2) is 4.96. The maximum absolute atomic E-state index is 13.1. The molecule has 1 aromatic carbocycles. The normalized spacial score (nSPS) is 25.4. The van der Waals surface area contributed by atoms with Gasteiger partial charge in [0.1, 0.15) is 5.82 Å². The Balaban J connectivity index is 1.99. The lowest BCUT2D eigenvalue weighted by atomic mass is 10.0. The van der Waals surface area contributed by atoms with Gasteiger partial charge >= 0.3 is 0 Å². The smallest absolute Gasteiger partial charge is 0.123 e. The van der Waals surface area contributed by atoms with Crippen LogP contribution in [0.2, 0.25) is 0 Å². The summed E-state index contributed by atoms with van der Waals surface area (Å²) < 4.78 is 13.1. The molecular formula is C14H20FN. The third-order valence-electron chi connectivity index (χ3n) is 3.50. The van der Waals surface area contributed by atoms with Crippen molar-refractivity contribution in [2.24, 2.45) is 11.8 Å². The number of benzene rings is 1. The molecule has 0 spiro atoms. The fourth-order valence-corrected chi connectivity index (χ4v) is 2.47. The quantitative estimate of drug-likeness (QED) is 0.806. The molecule has 1 aromatic rings. The van der Waals surface area contributed by atoms with Crippen LogP contribution in [0.15, 0.2) is 24.3 Å². The second-order valence-corrected chi connectivity index (χ2v) is 4.88. The van der Waals surface area contributed by atoms with E-state index < -0.39 is 0 Å². The van der Waals surface area contributed by atoms with Gasteiger partial charge in [0.15, 0.2) is 0 Å². The zero-order valence-corrected chi connectivity index (χ0v) is 10.0. The molecule has 0 heterocycles. The Morgan fingerprint density at radius 1 is 1.50 bits per heavy atom. The fourth-order valence-electron chi connectivity index (χ4n) is 2.47. The maximum atomic E-state index is 13.1. The summed E-state index contributed by atoms with van der Waals surface area (Å²) in [6.45, 7) is 5.41. The molecular weight excluding hydrogens is 201 g/mol. The van der Waals surface area contributed by atoms with Gasteiger partial charge in [-0.25, -0.2) is 4.39 Å². The van der Waals surface area contributed by atoms with E-state index in [9.17, 15) is 4.39 Å². The van der Waals surface area contributed by atoms with Crippen LogP contribution in [0.1, 0.15) is 25.8 Å². The van der Waals surface area contributed by atoms with Crippen LogP contribution < -0.4 is 5.32 Å². The first-order chi connectivity index (χ1) is 7.70. The van der Waals surface area contributed by atoms with Gasteiger partial charge in [-0.1, -0.05) is 26.0 Å². The lowest BCUT2D eigenvalue weighted by Gasteiger charge is -2.17. The Labute approximate surface area is 97.1 Å². The molecule has 3 atom stereocenters. The number of likely N-dealkylation sites (N-methyl/N-ethyl adjacent to an activating group) is 1. The van der Waals surface area contributed by atoms with Crippen LogP contribution in [-0.2, 0) is 6.42 Å². The predicted octanol–water partition coefficient (Wildman–Crippen LogP) is 3.00. The summed E-state index contributed by atoms with van der Waals surface area (Å²) in [6, 6.07) is 7.48. The molecule has 1 nitrogen and oxygen atoms in total. The van der Waals surface area contributed by atoms with Crippen molar-refractivity contribution < 1.29 is 4.39 Å². The van der Waals surface area contributed by atoms with Gasteiger partial charge in [-0.2, -0.15) is 0 Å². The van der Waals surface area contributed by atoms with E-state index in [2.05, 4.69) is 19.2 Å². The first kappa shape index (κ1) is 11.6. The third kappa shape index (κ3) is 2.82. The molecule has 1 aliphatic carbocycles. The zero-order chi connectivity index (χ0) is 11.5. The molecule has 0 radical (unpaired) electrons. The molecule has 0 saturated heterocycles. The average Bonchev–Trinajstić information content (AvgIpc) is 2.95. The van der Waals surface area contributed by atoms with Gasteiger partial charge in [0.05, 0.1) is 0 Å². The van der Waals surface area contributed by atoms with E-state index >= 15 is 0 Å². The van der Waals surface area contributed by atoms with Gasteiger partial charge < -0.3 is 5.32 Å². The molecule has 2 heteroatoms. The van der Waals surface area contributed by atoms with Crippen LogP contribution in [0, 0.1) is 17.7 Å². The Morgan fingerprint density at radius 3 is 2.81 bits per heavy atom. The number of hydrogen-bond acceptors (Lipinski definition) is 1. The van der Waals surface area contributed by atoms with Crippen molar-refractivity contribution in [3.05, 3.63) is 35.6 Å². The molecule has 16 heavy (non-hydrogen) atoms. The SMILES string of the molecule is CCNC(Cc1cccc(F)c1)C1CC1C. The van der Waals surface area contributed by atoms with Crippen LogP contribution in [0.3, 0.4) is 0 Å². The summed E-state index contributed by atoms with van der Waals surface area (Å²) in [4.78, 5) is 0. The van der Waals surface area contributed by atoms with Crippen LogP contribution in [0.5, 0.6) is 0 Å². The summed E-state index contributed by atoms with van der Waals surface area (Å²) >= 11 is 0. The van der Waals surface area contributed by atoms with Crippen molar-refractivity contribution in [1.82, 2.24) is 5.32 Å². The summed E-state index contributed by atoms with van der Waals surface area (Å²) in [5.41, 5.74) is 1.10. The fraction of sp³-hybridized carbons (Fsp3) is 0.571. The van der Waals surface area contributed by atoms with Gasteiger partial charge in [-0.05, 0) is 48.9 Å². The standard InChI is InChI=1S/C14H20FN/c1-3-16-14(13-7-10(13)2)9-11-5-4-6-12(15)8-11/h4-6,8,10,13-14,16H,3,7,9H2,1-2H3. The average molecular weight is 221 g/mol. The largest absolute Gasteiger partial charge is 0.314 e. The first-order valence-corrected chi connectivity index (χ1v) is 6.18. The number of rotatable bonds is 5. The first-order valence-electron chi connectivity index (χ1n) is 6.18. The highest BCUT2D eigenvalue weighted by atomic mass is 19.1. The minimum Gasteiger partial charge on any atom is -0.314 e. The Bertz CT molecular complexity index is 350. The summed E-state index contributed by atoms with van der Waals surface area (Å²) in [7, 11) is 0. The van der Waals surface area contributed by atoms with Gasteiger partial charge in [0, 0.05) is 6.04 Å². The molecule has 0 amide bonds. The second-order valence-electron chi connectivity index (χ2n) is 4.88. The van der Waals surface area contributed by atoms with Gasteiger partial charge in [-0.3, -0.25) is 0 Å². The molecule has 2 rings (SSSR count). The van der Waals surface area contributed by atoms with Crippen LogP contribution in [-0.4, -0.2) is 12.6 Å². The van der Waals surface area contributed by atoms with Crippen LogP contribution >= 0.6 is 0 Å². The highest BCUT2D eigenvalue weighted by Gasteiger charge is 2.38. The molecule has 0 aromatic heterocycles. The number of nitrogens with one attached hydrogen (secondary N) is 1. The Kier molecular flexibility index (Phi) is 3.59. The maximum Gasteiger partial charge on any atom is 0.123 e. The highest BCUT2D eigenvalue weighted by Crippen LogP contribution is 2.41. The predicted molar refractivity (Wildman–Crippen MR) is 64.8 cm³/mol. The highest BCUT2D eigenvalue weighted by molar-refractivity contribution is 5.18. The van der Waals surface area contributed by atoms with Gasteiger partial charge in [0.2, 0.25) is 0 Å². The Morgan fingerprint density at radius 2 is 2.25 bits per heavy atom. The monoisotopic (exact) mass is 221 g/mol.